The van der Waals surface area contributed by atoms with Gasteiger partial charge in [-0.15, -0.1) is 6.58 Å². The number of benzene rings is 2. The molecule has 2 aromatic rings. The van der Waals surface area contributed by atoms with Crippen LogP contribution in [-0.4, -0.2) is 0 Å². The lowest BCUT2D eigenvalue weighted by Crippen LogP contribution is -2.23. The fourth-order valence-corrected chi connectivity index (χ4v) is 4.02. The van der Waals surface area contributed by atoms with Gasteiger partial charge >= 0.3 is 0 Å². The molecule has 2 aromatic carbocycles. The summed E-state index contributed by atoms with van der Waals surface area (Å²) in [6, 6.07) is 15.3. The highest BCUT2D eigenvalue weighted by Gasteiger charge is 2.26. The Morgan fingerprint density at radius 1 is 1.00 bits per heavy atom. The number of aryl methyl sites for hydroxylation is 1. The third-order valence-corrected chi connectivity index (χ3v) is 5.95. The lowest BCUT2D eigenvalue weighted by Gasteiger charge is -2.33. The second-order valence-corrected chi connectivity index (χ2v) is 10.8. The third-order valence-electron chi connectivity index (χ3n) is 5.95. The number of anilines is 1. The Kier molecular flexibility index (Phi) is 8.28. The number of rotatable bonds is 9. The molecule has 0 heterocycles. The van der Waals surface area contributed by atoms with E-state index in [0.29, 0.717) is 5.92 Å². The van der Waals surface area contributed by atoms with E-state index in [2.05, 4.69) is 96.5 Å². The Labute approximate surface area is 189 Å². The summed E-state index contributed by atoms with van der Waals surface area (Å²) in [4.78, 5) is 2.26. The molecule has 1 atom stereocenters. The van der Waals surface area contributed by atoms with Crippen molar-refractivity contribution in [2.24, 2.45) is 16.7 Å². The van der Waals surface area contributed by atoms with Crippen LogP contribution in [0.1, 0.15) is 65.5 Å². The van der Waals surface area contributed by atoms with Gasteiger partial charge in [0.05, 0.1) is 0 Å². The molecule has 1 unspecified atom stereocenters. The molecule has 0 saturated heterocycles. The van der Waals surface area contributed by atoms with Crippen LogP contribution in [-0.2, 0) is 6.54 Å². The van der Waals surface area contributed by atoms with Crippen molar-refractivity contribution < 1.29 is 4.39 Å². The predicted molar refractivity (Wildman–Crippen MR) is 134 cm³/mol. The Balaban J connectivity index is 2.44. The van der Waals surface area contributed by atoms with Gasteiger partial charge in [0.2, 0.25) is 0 Å². The van der Waals surface area contributed by atoms with Gasteiger partial charge in [-0.1, -0.05) is 70.5 Å². The summed E-state index contributed by atoms with van der Waals surface area (Å²) in [6.07, 6.45) is 6.50. The molecule has 0 bridgehead atoms. The number of allylic oxidation sites excluding steroid dienone is 2. The Hall–Kier alpha value is -2.35. The predicted octanol–water partition coefficient (Wildman–Crippen LogP) is 8.70. The molecule has 31 heavy (non-hydrogen) atoms. The fraction of sp³-hybridized carbons (Fsp3) is 0.448. The van der Waals surface area contributed by atoms with Crippen LogP contribution in [0.2, 0.25) is 0 Å². The Morgan fingerprint density at radius 2 is 1.61 bits per heavy atom. The van der Waals surface area contributed by atoms with E-state index in [1.165, 1.54) is 28.8 Å². The molecule has 0 aliphatic rings. The lowest BCUT2D eigenvalue weighted by atomic mass is 9.73. The zero-order valence-electron chi connectivity index (χ0n) is 20.5. The van der Waals surface area contributed by atoms with Crippen molar-refractivity contribution in [3.63, 3.8) is 0 Å². The standard InChI is InChI=1S/C29H40FN/c1-9-29(7,8)19-25(18-28(4,5)6)23(3)20-31(27-16-14-26(30)15-17-27)21-24-13-11-10-12-22(24)2/h9-17,20,25H,1,18-19,21H2,2-8H3/b23-20+. The highest BCUT2D eigenvalue weighted by Crippen LogP contribution is 2.38. The van der Waals surface area contributed by atoms with Crippen molar-refractivity contribution in [2.45, 2.75) is 67.9 Å². The number of halogens is 1. The third kappa shape index (κ3) is 8.01. The van der Waals surface area contributed by atoms with Gasteiger partial charge in [-0.3, -0.25) is 0 Å². The second-order valence-electron chi connectivity index (χ2n) is 10.8. The van der Waals surface area contributed by atoms with E-state index in [0.717, 1.165) is 25.1 Å². The van der Waals surface area contributed by atoms with Crippen LogP contribution in [0, 0.1) is 29.5 Å². The van der Waals surface area contributed by atoms with Gasteiger partial charge in [0.1, 0.15) is 5.82 Å². The first-order valence-corrected chi connectivity index (χ1v) is 11.3. The summed E-state index contributed by atoms with van der Waals surface area (Å²) in [5.41, 5.74) is 5.19. The van der Waals surface area contributed by atoms with Gasteiger partial charge in [0.15, 0.2) is 0 Å². The Morgan fingerprint density at radius 3 is 2.16 bits per heavy atom. The first kappa shape index (κ1) is 24.9. The monoisotopic (exact) mass is 421 g/mol. The summed E-state index contributed by atoms with van der Waals surface area (Å²) in [5.74, 6) is 0.228. The lowest BCUT2D eigenvalue weighted by molar-refractivity contribution is 0.262. The molecule has 0 aromatic heterocycles. The normalized spacial score (nSPS) is 13.7. The first-order valence-electron chi connectivity index (χ1n) is 11.3. The topological polar surface area (TPSA) is 3.24 Å². The SMILES string of the molecule is C=CC(C)(C)CC(CC(C)(C)C)/C(C)=C/N(Cc1ccccc1C)c1ccc(F)cc1. The quantitative estimate of drug-likeness (QED) is 0.366. The van der Waals surface area contributed by atoms with Gasteiger partial charge in [-0.05, 0) is 78.8 Å². The molecule has 0 N–H and O–H groups in total. The van der Waals surface area contributed by atoms with Crippen LogP contribution in [0.25, 0.3) is 0 Å². The maximum absolute atomic E-state index is 13.6. The van der Waals surface area contributed by atoms with E-state index >= 15 is 0 Å². The summed E-state index contributed by atoms with van der Waals surface area (Å²) in [5, 5.41) is 0. The van der Waals surface area contributed by atoms with Crippen molar-refractivity contribution in [2.75, 3.05) is 4.90 Å². The molecule has 2 rings (SSSR count). The van der Waals surface area contributed by atoms with Crippen LogP contribution < -0.4 is 4.90 Å². The fourth-order valence-electron chi connectivity index (χ4n) is 4.02. The molecule has 0 amide bonds. The van der Waals surface area contributed by atoms with Crippen molar-refractivity contribution >= 4 is 5.69 Å². The van der Waals surface area contributed by atoms with E-state index in [-0.39, 0.29) is 16.6 Å². The molecular weight excluding hydrogens is 381 g/mol. The number of hydrogen-bond donors (Lipinski definition) is 0. The first-order chi connectivity index (χ1) is 14.4. The summed E-state index contributed by atoms with van der Waals surface area (Å²) in [6.45, 7) is 20.6. The Bertz CT molecular complexity index is 884. The maximum Gasteiger partial charge on any atom is 0.123 e. The average Bonchev–Trinajstić information content (AvgIpc) is 2.68. The van der Waals surface area contributed by atoms with Crippen LogP contribution in [0.4, 0.5) is 10.1 Å². The highest BCUT2D eigenvalue weighted by molar-refractivity contribution is 5.51. The van der Waals surface area contributed by atoms with Gasteiger partial charge < -0.3 is 4.90 Å². The molecule has 0 fully saturated rings. The van der Waals surface area contributed by atoms with Crippen molar-refractivity contribution in [3.05, 3.63) is 89.9 Å². The van der Waals surface area contributed by atoms with Gasteiger partial charge in [-0.25, -0.2) is 4.39 Å². The molecule has 1 nitrogen and oxygen atoms in total. The van der Waals surface area contributed by atoms with Gasteiger partial charge in [0.25, 0.3) is 0 Å². The number of nitrogens with zero attached hydrogens (tertiary/aromatic N) is 1. The largest absolute Gasteiger partial charge is 0.344 e. The minimum atomic E-state index is -0.210. The van der Waals surface area contributed by atoms with Crippen LogP contribution >= 0.6 is 0 Å². The minimum Gasteiger partial charge on any atom is -0.344 e. The molecule has 0 aliphatic heterocycles. The zero-order valence-corrected chi connectivity index (χ0v) is 20.5. The van der Waals surface area contributed by atoms with Crippen molar-refractivity contribution in [1.82, 2.24) is 0 Å². The average molecular weight is 422 g/mol. The maximum atomic E-state index is 13.6. The molecular formula is C29H40FN. The van der Waals surface area contributed by atoms with Gasteiger partial charge in [0, 0.05) is 18.4 Å². The van der Waals surface area contributed by atoms with E-state index < -0.39 is 0 Å². The molecule has 2 heteroatoms. The van der Waals surface area contributed by atoms with Crippen molar-refractivity contribution in [3.8, 4) is 0 Å². The summed E-state index contributed by atoms with van der Waals surface area (Å²) >= 11 is 0. The van der Waals surface area contributed by atoms with Gasteiger partial charge in [-0.2, -0.15) is 0 Å². The smallest absolute Gasteiger partial charge is 0.123 e. The molecule has 0 radical (unpaired) electrons. The second kappa shape index (κ2) is 10.3. The summed E-state index contributed by atoms with van der Waals surface area (Å²) in [7, 11) is 0. The van der Waals surface area contributed by atoms with Crippen molar-refractivity contribution in [1.29, 1.82) is 0 Å². The van der Waals surface area contributed by atoms with E-state index in [1.54, 1.807) is 0 Å². The van der Waals surface area contributed by atoms with E-state index in [4.69, 9.17) is 0 Å². The van der Waals surface area contributed by atoms with E-state index in [9.17, 15) is 4.39 Å². The molecule has 0 spiro atoms. The molecule has 0 saturated carbocycles. The van der Waals surface area contributed by atoms with E-state index in [1.807, 2.05) is 12.1 Å². The molecule has 0 aliphatic carbocycles. The molecule has 168 valence electrons. The summed E-state index contributed by atoms with van der Waals surface area (Å²) < 4.78 is 13.6. The van der Waals surface area contributed by atoms with Crippen LogP contribution in [0.15, 0.2) is 73.0 Å². The zero-order chi connectivity index (χ0) is 23.2. The number of hydrogen-bond acceptors (Lipinski definition) is 1. The van der Waals surface area contributed by atoms with Crippen LogP contribution in [0.3, 0.4) is 0 Å². The minimum absolute atomic E-state index is 0.0712. The highest BCUT2D eigenvalue weighted by atomic mass is 19.1. The van der Waals surface area contributed by atoms with Crippen LogP contribution in [0.5, 0.6) is 0 Å².